The highest BCUT2D eigenvalue weighted by molar-refractivity contribution is 5.96. The van der Waals surface area contributed by atoms with Crippen molar-refractivity contribution < 1.29 is 13.7 Å². The molecule has 3 aromatic rings. The molecule has 0 unspecified atom stereocenters. The second kappa shape index (κ2) is 5.97. The number of nitrogens with one attached hydrogen (secondary N) is 1. The van der Waals surface area contributed by atoms with Crippen molar-refractivity contribution in [3.63, 3.8) is 0 Å². The summed E-state index contributed by atoms with van der Waals surface area (Å²) >= 11 is 0. The first-order valence-corrected chi connectivity index (χ1v) is 7.70. The second-order valence-corrected chi connectivity index (χ2v) is 5.73. The van der Waals surface area contributed by atoms with Crippen LogP contribution in [0.25, 0.3) is 11.5 Å². The van der Waals surface area contributed by atoms with Crippen LogP contribution in [0.15, 0.2) is 51.9 Å². The number of nitrogens with zero attached hydrogens (tertiary/aromatic N) is 3. The van der Waals surface area contributed by atoms with Gasteiger partial charge >= 0.3 is 0 Å². The van der Waals surface area contributed by atoms with Crippen molar-refractivity contribution in [3.05, 3.63) is 64.6 Å². The van der Waals surface area contributed by atoms with E-state index in [-0.39, 0.29) is 47.5 Å². The van der Waals surface area contributed by atoms with Crippen LogP contribution < -0.4 is 10.5 Å². The zero-order valence-electron chi connectivity index (χ0n) is 13.0. The van der Waals surface area contributed by atoms with Crippen LogP contribution in [0.3, 0.4) is 0 Å². The lowest BCUT2D eigenvalue weighted by molar-refractivity contribution is -0.117. The normalized spacial score (nSPS) is 17.2. The number of para-hydroxylation sites is 1. The molecule has 0 aliphatic carbocycles. The molecule has 0 saturated carbocycles. The van der Waals surface area contributed by atoms with Crippen molar-refractivity contribution in [1.82, 2.24) is 15.1 Å². The molecule has 2 aromatic heterocycles. The summed E-state index contributed by atoms with van der Waals surface area (Å²) in [6, 6.07) is 9.33. The van der Waals surface area contributed by atoms with Crippen molar-refractivity contribution in [2.24, 2.45) is 0 Å². The molecule has 0 bridgehead atoms. The highest BCUT2D eigenvalue weighted by Gasteiger charge is 2.35. The fourth-order valence-electron chi connectivity index (χ4n) is 2.88. The molecular formula is C17H13FN4O3. The van der Waals surface area contributed by atoms with E-state index < -0.39 is 5.82 Å². The van der Waals surface area contributed by atoms with Gasteiger partial charge in [0.1, 0.15) is 11.4 Å². The number of H-pyrrole nitrogens is 1. The van der Waals surface area contributed by atoms with Crippen molar-refractivity contribution >= 4 is 11.6 Å². The molecule has 8 heteroatoms. The number of aromatic nitrogens is 3. The maximum Gasteiger partial charge on any atom is 0.263 e. The van der Waals surface area contributed by atoms with Gasteiger partial charge in [-0.15, -0.1) is 0 Å². The van der Waals surface area contributed by atoms with Crippen LogP contribution in [0.1, 0.15) is 18.2 Å². The Kier molecular flexibility index (Phi) is 3.64. The number of carbonyl (C=O) groups excluding carboxylic acids is 1. The molecule has 1 fully saturated rings. The maximum atomic E-state index is 13.9. The van der Waals surface area contributed by atoms with E-state index in [1.54, 1.807) is 30.3 Å². The summed E-state index contributed by atoms with van der Waals surface area (Å²) in [5.74, 6) is -0.577. The molecule has 0 radical (unpaired) electrons. The minimum Gasteiger partial charge on any atom is -0.334 e. The summed E-state index contributed by atoms with van der Waals surface area (Å²) in [4.78, 5) is 32.2. The van der Waals surface area contributed by atoms with E-state index in [1.165, 1.54) is 17.2 Å². The Labute approximate surface area is 141 Å². The molecule has 1 N–H and O–H groups in total. The maximum absolute atomic E-state index is 13.9. The number of amides is 1. The number of rotatable bonds is 3. The summed E-state index contributed by atoms with van der Waals surface area (Å²) in [6.45, 7) is 0.254. The summed E-state index contributed by atoms with van der Waals surface area (Å²) < 4.78 is 19.1. The topological polar surface area (TPSA) is 92.1 Å². The Bertz CT molecular complexity index is 997. The van der Waals surface area contributed by atoms with Crippen LogP contribution in [-0.2, 0) is 4.79 Å². The third-order valence-electron chi connectivity index (χ3n) is 4.12. The molecule has 1 atom stereocenters. The van der Waals surface area contributed by atoms with Crippen LogP contribution in [0.5, 0.6) is 0 Å². The Morgan fingerprint density at radius 1 is 1.20 bits per heavy atom. The van der Waals surface area contributed by atoms with Crippen LogP contribution in [0.2, 0.25) is 0 Å². The largest absolute Gasteiger partial charge is 0.334 e. The van der Waals surface area contributed by atoms with E-state index in [2.05, 4.69) is 15.1 Å². The monoisotopic (exact) mass is 340 g/mol. The van der Waals surface area contributed by atoms with Gasteiger partial charge in [0.15, 0.2) is 5.82 Å². The predicted octanol–water partition coefficient (Wildman–Crippen LogP) is 2.08. The SMILES string of the molecule is O=C1C[C@H](c2noc(-c3ccc[nH]c3=O)n2)CN1c1ccccc1F. The highest BCUT2D eigenvalue weighted by atomic mass is 19.1. The van der Waals surface area contributed by atoms with E-state index in [4.69, 9.17) is 4.52 Å². The first kappa shape index (κ1) is 15.3. The Hall–Kier alpha value is -3.29. The number of carbonyl (C=O) groups is 1. The van der Waals surface area contributed by atoms with Gasteiger partial charge in [-0.1, -0.05) is 17.3 Å². The lowest BCUT2D eigenvalue weighted by Gasteiger charge is -2.16. The van der Waals surface area contributed by atoms with E-state index in [9.17, 15) is 14.0 Å². The summed E-state index contributed by atoms with van der Waals surface area (Å²) in [5.41, 5.74) is 0.155. The molecular weight excluding hydrogens is 327 g/mol. The molecule has 1 saturated heterocycles. The van der Waals surface area contributed by atoms with Crippen molar-refractivity contribution in [2.75, 3.05) is 11.4 Å². The van der Waals surface area contributed by atoms with Crippen molar-refractivity contribution in [1.29, 1.82) is 0 Å². The van der Waals surface area contributed by atoms with Crippen LogP contribution >= 0.6 is 0 Å². The number of benzene rings is 1. The second-order valence-electron chi connectivity index (χ2n) is 5.73. The zero-order chi connectivity index (χ0) is 17.4. The van der Waals surface area contributed by atoms with Gasteiger partial charge in [0, 0.05) is 25.1 Å². The Morgan fingerprint density at radius 2 is 2.04 bits per heavy atom. The van der Waals surface area contributed by atoms with Gasteiger partial charge in [0.05, 0.1) is 5.69 Å². The van der Waals surface area contributed by atoms with Crippen LogP contribution in [0, 0.1) is 5.82 Å². The smallest absolute Gasteiger partial charge is 0.263 e. The minimum atomic E-state index is -0.457. The molecule has 7 nitrogen and oxygen atoms in total. The van der Waals surface area contributed by atoms with E-state index in [0.29, 0.717) is 5.82 Å². The van der Waals surface area contributed by atoms with Gasteiger partial charge in [-0.25, -0.2) is 4.39 Å². The van der Waals surface area contributed by atoms with Gasteiger partial charge in [-0.2, -0.15) is 4.98 Å². The van der Waals surface area contributed by atoms with Gasteiger partial charge in [-0.3, -0.25) is 9.59 Å². The summed E-state index contributed by atoms with van der Waals surface area (Å²) in [6.07, 6.45) is 1.66. The van der Waals surface area contributed by atoms with Crippen molar-refractivity contribution in [3.8, 4) is 11.5 Å². The third kappa shape index (κ3) is 2.71. The zero-order valence-corrected chi connectivity index (χ0v) is 13.0. The van der Waals surface area contributed by atoms with Crippen LogP contribution in [0.4, 0.5) is 10.1 Å². The molecule has 1 aliphatic rings. The van der Waals surface area contributed by atoms with E-state index in [1.807, 2.05) is 0 Å². The molecule has 1 aromatic carbocycles. The molecule has 3 heterocycles. The van der Waals surface area contributed by atoms with E-state index in [0.717, 1.165) is 0 Å². The third-order valence-corrected chi connectivity index (χ3v) is 4.12. The molecule has 1 aliphatic heterocycles. The molecule has 1 amide bonds. The molecule has 0 spiro atoms. The summed E-state index contributed by atoms with van der Waals surface area (Å²) in [5, 5.41) is 3.89. The predicted molar refractivity (Wildman–Crippen MR) is 86.5 cm³/mol. The highest BCUT2D eigenvalue weighted by Crippen LogP contribution is 2.32. The lowest BCUT2D eigenvalue weighted by atomic mass is 10.1. The van der Waals surface area contributed by atoms with Gasteiger partial charge < -0.3 is 14.4 Å². The van der Waals surface area contributed by atoms with Crippen molar-refractivity contribution in [2.45, 2.75) is 12.3 Å². The summed E-state index contributed by atoms with van der Waals surface area (Å²) in [7, 11) is 0. The Balaban J connectivity index is 1.60. The average Bonchev–Trinajstić information content (AvgIpc) is 3.23. The lowest BCUT2D eigenvalue weighted by Crippen LogP contribution is -2.25. The first-order chi connectivity index (χ1) is 12.1. The number of anilines is 1. The van der Waals surface area contributed by atoms with Gasteiger partial charge in [0.2, 0.25) is 5.91 Å². The van der Waals surface area contributed by atoms with Gasteiger partial charge in [-0.05, 0) is 24.3 Å². The number of pyridine rings is 1. The van der Waals surface area contributed by atoms with Crippen LogP contribution in [-0.4, -0.2) is 27.6 Å². The Morgan fingerprint density at radius 3 is 2.84 bits per heavy atom. The molecule has 4 rings (SSSR count). The van der Waals surface area contributed by atoms with Gasteiger partial charge in [0.25, 0.3) is 11.4 Å². The fraction of sp³-hybridized carbons (Fsp3) is 0.176. The molecule has 126 valence electrons. The number of hydrogen-bond acceptors (Lipinski definition) is 5. The minimum absolute atomic E-state index is 0.0913. The fourth-order valence-corrected chi connectivity index (χ4v) is 2.88. The number of aromatic amines is 1. The standard InChI is InChI=1S/C17H13FN4O3/c18-12-5-1-2-6-13(12)22-9-10(8-14(22)23)15-20-17(25-21-15)11-4-3-7-19-16(11)24/h1-7,10H,8-9H2,(H,19,24)/t10-/m0/s1. The molecule has 25 heavy (non-hydrogen) atoms. The number of halogens is 1. The average molecular weight is 340 g/mol. The number of hydrogen-bond donors (Lipinski definition) is 1. The first-order valence-electron chi connectivity index (χ1n) is 7.70. The van der Waals surface area contributed by atoms with E-state index >= 15 is 0 Å². The quantitative estimate of drug-likeness (QED) is 0.788.